The van der Waals surface area contributed by atoms with E-state index in [0.29, 0.717) is 18.7 Å². The monoisotopic (exact) mass is 262 g/mol. The lowest BCUT2D eigenvalue weighted by Gasteiger charge is -2.24. The van der Waals surface area contributed by atoms with Crippen LogP contribution >= 0.6 is 0 Å². The zero-order chi connectivity index (χ0) is 13.5. The zero-order valence-corrected chi connectivity index (χ0v) is 12.1. The molecule has 1 unspecified atom stereocenters. The van der Waals surface area contributed by atoms with Gasteiger partial charge in [0.05, 0.1) is 6.61 Å². The summed E-state index contributed by atoms with van der Waals surface area (Å²) in [6, 6.07) is 11.5. The highest BCUT2D eigenvalue weighted by molar-refractivity contribution is 5.13. The maximum absolute atomic E-state index is 5.64. The molecule has 0 aromatic heterocycles. The molecule has 0 aliphatic carbocycles. The Morgan fingerprint density at radius 3 is 2.74 bits per heavy atom. The molecule has 1 atom stereocenters. The molecule has 2 rings (SSSR count). The van der Waals surface area contributed by atoms with Gasteiger partial charge in [-0.1, -0.05) is 30.3 Å². The van der Waals surface area contributed by atoms with Gasteiger partial charge in [0.2, 0.25) is 0 Å². The van der Waals surface area contributed by atoms with Crippen molar-refractivity contribution in [2.24, 2.45) is 0 Å². The van der Waals surface area contributed by atoms with E-state index in [9.17, 15) is 0 Å². The van der Waals surface area contributed by atoms with Crippen molar-refractivity contribution in [1.82, 2.24) is 10.4 Å². The largest absolute Gasteiger partial charge is 0.301 e. The molecule has 1 saturated heterocycles. The molecule has 0 saturated carbocycles. The van der Waals surface area contributed by atoms with Crippen molar-refractivity contribution >= 4 is 0 Å². The highest BCUT2D eigenvalue weighted by Gasteiger charge is 2.18. The molecule has 106 valence electrons. The summed E-state index contributed by atoms with van der Waals surface area (Å²) in [5.41, 5.74) is 4.46. The summed E-state index contributed by atoms with van der Waals surface area (Å²) in [5, 5.41) is 0. The first-order valence-corrected chi connectivity index (χ1v) is 7.41. The summed E-state index contributed by atoms with van der Waals surface area (Å²) in [4.78, 5) is 8.20. The van der Waals surface area contributed by atoms with Crippen LogP contribution in [0.25, 0.3) is 0 Å². The standard InChI is InChI=1S/C16H26N2O/c1-14(2)18-11-6-9-16(10-12-18)17-19-13-15-7-4-3-5-8-15/h3-5,7-8,14,16-17H,6,9-13H2,1-2H3. The summed E-state index contributed by atoms with van der Waals surface area (Å²) in [6.07, 6.45) is 3.63. The lowest BCUT2D eigenvalue weighted by Crippen LogP contribution is -2.34. The Kier molecular flexibility index (Phi) is 5.83. The normalized spacial score (nSPS) is 21.5. The lowest BCUT2D eigenvalue weighted by atomic mass is 10.1. The van der Waals surface area contributed by atoms with Crippen molar-refractivity contribution in [2.45, 2.75) is 51.8 Å². The maximum Gasteiger partial charge on any atom is 0.0933 e. The third kappa shape index (κ3) is 4.94. The van der Waals surface area contributed by atoms with Gasteiger partial charge < -0.3 is 4.90 Å². The van der Waals surface area contributed by atoms with Crippen molar-refractivity contribution in [1.29, 1.82) is 0 Å². The van der Waals surface area contributed by atoms with Crippen molar-refractivity contribution in [3.05, 3.63) is 35.9 Å². The first-order chi connectivity index (χ1) is 9.25. The fourth-order valence-corrected chi connectivity index (χ4v) is 2.57. The van der Waals surface area contributed by atoms with Gasteiger partial charge in [-0.3, -0.25) is 4.84 Å². The molecule has 1 aliphatic rings. The van der Waals surface area contributed by atoms with Crippen LogP contribution in [0.1, 0.15) is 38.7 Å². The van der Waals surface area contributed by atoms with E-state index in [-0.39, 0.29) is 0 Å². The quantitative estimate of drug-likeness (QED) is 0.826. The fraction of sp³-hybridized carbons (Fsp3) is 0.625. The summed E-state index contributed by atoms with van der Waals surface area (Å²) in [5.74, 6) is 0. The second-order valence-electron chi connectivity index (χ2n) is 5.65. The Morgan fingerprint density at radius 1 is 1.21 bits per heavy atom. The summed E-state index contributed by atoms with van der Waals surface area (Å²) in [7, 11) is 0. The molecule has 0 bridgehead atoms. The first kappa shape index (κ1) is 14.5. The Bertz CT molecular complexity index is 353. The van der Waals surface area contributed by atoms with Gasteiger partial charge in [0.25, 0.3) is 0 Å². The third-order valence-electron chi connectivity index (χ3n) is 3.82. The molecule has 1 heterocycles. The van der Waals surface area contributed by atoms with Crippen LogP contribution in [-0.4, -0.2) is 30.1 Å². The molecule has 19 heavy (non-hydrogen) atoms. The summed E-state index contributed by atoms with van der Waals surface area (Å²) >= 11 is 0. The number of benzene rings is 1. The minimum atomic E-state index is 0.493. The number of likely N-dealkylation sites (tertiary alicyclic amines) is 1. The molecule has 1 aliphatic heterocycles. The highest BCUT2D eigenvalue weighted by Crippen LogP contribution is 2.13. The van der Waals surface area contributed by atoms with E-state index in [1.165, 1.54) is 37.9 Å². The lowest BCUT2D eigenvalue weighted by molar-refractivity contribution is 0.000251. The van der Waals surface area contributed by atoms with E-state index in [1.807, 2.05) is 18.2 Å². The molecule has 3 nitrogen and oxygen atoms in total. The van der Waals surface area contributed by atoms with Crippen molar-refractivity contribution < 1.29 is 4.84 Å². The predicted molar refractivity (Wildman–Crippen MR) is 78.7 cm³/mol. The summed E-state index contributed by atoms with van der Waals surface area (Å²) < 4.78 is 0. The van der Waals surface area contributed by atoms with Crippen LogP contribution in [0.2, 0.25) is 0 Å². The maximum atomic E-state index is 5.64. The molecule has 1 aromatic rings. The van der Waals surface area contributed by atoms with E-state index >= 15 is 0 Å². The van der Waals surface area contributed by atoms with Crippen molar-refractivity contribution in [3.8, 4) is 0 Å². The average Bonchev–Trinajstić information content (AvgIpc) is 2.66. The van der Waals surface area contributed by atoms with E-state index in [0.717, 1.165) is 0 Å². The third-order valence-corrected chi connectivity index (χ3v) is 3.82. The Hall–Kier alpha value is -0.900. The van der Waals surface area contributed by atoms with Gasteiger partial charge in [0, 0.05) is 12.1 Å². The van der Waals surface area contributed by atoms with Crippen LogP contribution in [0.15, 0.2) is 30.3 Å². The number of hydrogen-bond acceptors (Lipinski definition) is 3. The van der Waals surface area contributed by atoms with Gasteiger partial charge >= 0.3 is 0 Å². The van der Waals surface area contributed by atoms with Gasteiger partial charge in [0.15, 0.2) is 0 Å². The number of nitrogens with zero attached hydrogens (tertiary/aromatic N) is 1. The smallest absolute Gasteiger partial charge is 0.0933 e. The van der Waals surface area contributed by atoms with Gasteiger partial charge in [-0.2, -0.15) is 5.48 Å². The van der Waals surface area contributed by atoms with Crippen LogP contribution in [0.3, 0.4) is 0 Å². The van der Waals surface area contributed by atoms with Crippen molar-refractivity contribution in [3.63, 3.8) is 0 Å². The molecular weight excluding hydrogens is 236 g/mol. The number of rotatable bonds is 5. The highest BCUT2D eigenvalue weighted by atomic mass is 16.6. The van der Waals surface area contributed by atoms with Crippen LogP contribution in [0.4, 0.5) is 0 Å². The molecule has 0 radical (unpaired) electrons. The zero-order valence-electron chi connectivity index (χ0n) is 12.1. The fourth-order valence-electron chi connectivity index (χ4n) is 2.57. The minimum absolute atomic E-state index is 0.493. The summed E-state index contributed by atoms with van der Waals surface area (Å²) in [6.45, 7) is 7.59. The van der Waals surface area contributed by atoms with Crippen LogP contribution in [0.5, 0.6) is 0 Å². The molecule has 1 N–H and O–H groups in total. The van der Waals surface area contributed by atoms with Gasteiger partial charge in [0.1, 0.15) is 0 Å². The molecule has 0 spiro atoms. The number of hydroxylamine groups is 1. The minimum Gasteiger partial charge on any atom is -0.301 e. The molecule has 1 aromatic carbocycles. The van der Waals surface area contributed by atoms with Crippen LogP contribution < -0.4 is 5.48 Å². The van der Waals surface area contributed by atoms with Gasteiger partial charge in [-0.25, -0.2) is 0 Å². The molecule has 1 fully saturated rings. The van der Waals surface area contributed by atoms with Crippen LogP contribution in [0, 0.1) is 0 Å². The number of nitrogens with one attached hydrogen (secondary N) is 1. The number of hydrogen-bond donors (Lipinski definition) is 1. The SMILES string of the molecule is CC(C)N1CCCC(NOCc2ccccc2)CC1. The molecular formula is C16H26N2O. The van der Waals surface area contributed by atoms with E-state index in [1.54, 1.807) is 0 Å². The van der Waals surface area contributed by atoms with E-state index < -0.39 is 0 Å². The first-order valence-electron chi connectivity index (χ1n) is 7.41. The second kappa shape index (κ2) is 7.63. The Morgan fingerprint density at radius 2 is 2.00 bits per heavy atom. The molecule has 3 heteroatoms. The van der Waals surface area contributed by atoms with Crippen molar-refractivity contribution in [2.75, 3.05) is 13.1 Å². The Labute approximate surface area is 116 Å². The average molecular weight is 262 g/mol. The van der Waals surface area contributed by atoms with E-state index in [4.69, 9.17) is 4.84 Å². The molecule has 0 amide bonds. The van der Waals surface area contributed by atoms with E-state index in [2.05, 4.69) is 36.4 Å². The Balaban J connectivity index is 1.69. The van der Waals surface area contributed by atoms with Gasteiger partial charge in [-0.05, 0) is 51.8 Å². The van der Waals surface area contributed by atoms with Crippen LogP contribution in [-0.2, 0) is 11.4 Å². The second-order valence-corrected chi connectivity index (χ2v) is 5.65. The predicted octanol–water partition coefficient (Wildman–Crippen LogP) is 2.97. The topological polar surface area (TPSA) is 24.5 Å². The van der Waals surface area contributed by atoms with Gasteiger partial charge in [-0.15, -0.1) is 0 Å².